The zero-order valence-corrected chi connectivity index (χ0v) is 8.72. The number of rotatable bonds is 1. The summed E-state index contributed by atoms with van der Waals surface area (Å²) in [7, 11) is 1.64. The Hall–Kier alpha value is -1.18. The molecule has 72 valence electrons. The van der Waals surface area contributed by atoms with Crippen molar-refractivity contribution in [3.8, 4) is 5.75 Å². The Bertz CT molecular complexity index is 299. The lowest BCUT2D eigenvalue weighted by molar-refractivity contribution is 0.415. The van der Waals surface area contributed by atoms with Crippen molar-refractivity contribution < 1.29 is 4.74 Å². The number of hydrogen-bond acceptors (Lipinski definition) is 2. The van der Waals surface area contributed by atoms with E-state index in [1.807, 2.05) is 18.2 Å². The standard InChI is InChI=1S/C11H17NO/c1-11(2,3)8-5-6-9(12)10(7-8)13-4/h5-7H,12H2,1-4H3. The van der Waals surface area contributed by atoms with Crippen molar-refractivity contribution in [2.24, 2.45) is 0 Å². The Morgan fingerprint density at radius 2 is 1.85 bits per heavy atom. The Balaban J connectivity index is 3.14. The fourth-order valence-corrected chi connectivity index (χ4v) is 1.18. The molecule has 2 heteroatoms. The maximum Gasteiger partial charge on any atom is 0.142 e. The van der Waals surface area contributed by atoms with Gasteiger partial charge in [0.1, 0.15) is 5.75 Å². The summed E-state index contributed by atoms with van der Waals surface area (Å²) in [6, 6.07) is 5.92. The molecule has 1 rings (SSSR count). The number of hydrogen-bond donors (Lipinski definition) is 1. The first kappa shape index (κ1) is 9.90. The Morgan fingerprint density at radius 1 is 1.23 bits per heavy atom. The highest BCUT2D eigenvalue weighted by Crippen LogP contribution is 2.29. The minimum Gasteiger partial charge on any atom is -0.495 e. The number of benzene rings is 1. The van der Waals surface area contributed by atoms with Gasteiger partial charge in [-0.15, -0.1) is 0 Å². The highest BCUT2D eigenvalue weighted by atomic mass is 16.5. The van der Waals surface area contributed by atoms with Crippen LogP contribution in [-0.2, 0) is 5.41 Å². The van der Waals surface area contributed by atoms with E-state index in [0.717, 1.165) is 5.75 Å². The summed E-state index contributed by atoms with van der Waals surface area (Å²) in [6.07, 6.45) is 0. The first-order valence-electron chi connectivity index (χ1n) is 4.39. The van der Waals surface area contributed by atoms with E-state index in [-0.39, 0.29) is 5.41 Å². The summed E-state index contributed by atoms with van der Waals surface area (Å²) in [4.78, 5) is 0. The molecule has 0 spiro atoms. The highest BCUT2D eigenvalue weighted by Gasteiger charge is 2.14. The number of methoxy groups -OCH3 is 1. The maximum atomic E-state index is 5.72. The second kappa shape index (κ2) is 3.29. The van der Waals surface area contributed by atoms with Gasteiger partial charge in [0.05, 0.1) is 12.8 Å². The molecule has 1 aromatic rings. The van der Waals surface area contributed by atoms with Crippen molar-refractivity contribution in [3.63, 3.8) is 0 Å². The van der Waals surface area contributed by atoms with Crippen LogP contribution in [0.5, 0.6) is 5.75 Å². The van der Waals surface area contributed by atoms with Gasteiger partial charge in [0, 0.05) is 0 Å². The van der Waals surface area contributed by atoms with Crippen LogP contribution in [0.4, 0.5) is 5.69 Å². The van der Waals surface area contributed by atoms with Gasteiger partial charge < -0.3 is 10.5 Å². The molecule has 0 heterocycles. The third-order valence-electron chi connectivity index (χ3n) is 2.10. The van der Waals surface area contributed by atoms with Gasteiger partial charge in [0.15, 0.2) is 0 Å². The van der Waals surface area contributed by atoms with Crippen LogP contribution in [0, 0.1) is 0 Å². The van der Waals surface area contributed by atoms with Crippen LogP contribution in [0.1, 0.15) is 26.3 Å². The molecule has 0 unspecified atom stereocenters. The molecule has 0 amide bonds. The fraction of sp³-hybridized carbons (Fsp3) is 0.455. The largest absolute Gasteiger partial charge is 0.495 e. The molecule has 0 aromatic heterocycles. The molecule has 0 saturated heterocycles. The molecular weight excluding hydrogens is 162 g/mol. The quantitative estimate of drug-likeness (QED) is 0.672. The first-order chi connectivity index (χ1) is 5.95. The average Bonchev–Trinajstić information content (AvgIpc) is 2.03. The summed E-state index contributed by atoms with van der Waals surface area (Å²) < 4.78 is 5.16. The Kier molecular flexibility index (Phi) is 2.50. The van der Waals surface area contributed by atoms with E-state index < -0.39 is 0 Å². The van der Waals surface area contributed by atoms with Crippen molar-refractivity contribution in [2.75, 3.05) is 12.8 Å². The smallest absolute Gasteiger partial charge is 0.142 e. The van der Waals surface area contributed by atoms with Gasteiger partial charge in [-0.2, -0.15) is 0 Å². The topological polar surface area (TPSA) is 35.2 Å². The molecule has 0 radical (unpaired) electrons. The van der Waals surface area contributed by atoms with Crippen LogP contribution in [0.2, 0.25) is 0 Å². The lowest BCUT2D eigenvalue weighted by Crippen LogP contribution is -2.11. The fourth-order valence-electron chi connectivity index (χ4n) is 1.18. The van der Waals surface area contributed by atoms with Crippen molar-refractivity contribution in [1.29, 1.82) is 0 Å². The number of ether oxygens (including phenoxy) is 1. The molecule has 0 aliphatic heterocycles. The van der Waals surface area contributed by atoms with Gasteiger partial charge >= 0.3 is 0 Å². The van der Waals surface area contributed by atoms with Crippen LogP contribution in [0.15, 0.2) is 18.2 Å². The van der Waals surface area contributed by atoms with Gasteiger partial charge in [0.2, 0.25) is 0 Å². The SMILES string of the molecule is COc1cc(C(C)(C)C)ccc1N. The predicted octanol–water partition coefficient (Wildman–Crippen LogP) is 2.57. The van der Waals surface area contributed by atoms with Crippen molar-refractivity contribution in [1.82, 2.24) is 0 Å². The second-order valence-electron chi connectivity index (χ2n) is 4.21. The van der Waals surface area contributed by atoms with E-state index in [0.29, 0.717) is 5.69 Å². The average molecular weight is 179 g/mol. The van der Waals surface area contributed by atoms with Gasteiger partial charge in [-0.1, -0.05) is 26.8 Å². The van der Waals surface area contributed by atoms with Crippen LogP contribution in [-0.4, -0.2) is 7.11 Å². The maximum absolute atomic E-state index is 5.72. The first-order valence-corrected chi connectivity index (χ1v) is 4.39. The minimum absolute atomic E-state index is 0.140. The number of nitrogen functional groups attached to an aromatic ring is 1. The summed E-state index contributed by atoms with van der Waals surface area (Å²) in [5.41, 5.74) is 7.78. The van der Waals surface area contributed by atoms with Crippen molar-refractivity contribution >= 4 is 5.69 Å². The van der Waals surface area contributed by atoms with Gasteiger partial charge in [0.25, 0.3) is 0 Å². The molecule has 1 aromatic carbocycles. The molecule has 2 nitrogen and oxygen atoms in total. The van der Waals surface area contributed by atoms with Gasteiger partial charge in [-0.3, -0.25) is 0 Å². The normalized spacial score (nSPS) is 11.4. The molecule has 0 bridgehead atoms. The molecule has 0 fully saturated rings. The van der Waals surface area contributed by atoms with Gasteiger partial charge in [-0.05, 0) is 23.1 Å². The molecule has 2 N–H and O–H groups in total. The molecular formula is C11H17NO. The van der Waals surface area contributed by atoms with Crippen LogP contribution >= 0.6 is 0 Å². The molecule has 0 atom stereocenters. The molecule has 0 aliphatic carbocycles. The third-order valence-corrected chi connectivity index (χ3v) is 2.10. The molecule has 0 saturated carbocycles. The summed E-state index contributed by atoms with van der Waals surface area (Å²) in [5, 5.41) is 0. The van der Waals surface area contributed by atoms with E-state index in [1.54, 1.807) is 7.11 Å². The lowest BCUT2D eigenvalue weighted by atomic mass is 9.87. The van der Waals surface area contributed by atoms with Crippen molar-refractivity contribution in [3.05, 3.63) is 23.8 Å². The molecule has 0 aliphatic rings. The van der Waals surface area contributed by atoms with Crippen LogP contribution < -0.4 is 10.5 Å². The number of nitrogens with two attached hydrogens (primary N) is 1. The van der Waals surface area contributed by atoms with E-state index >= 15 is 0 Å². The highest BCUT2D eigenvalue weighted by molar-refractivity contribution is 5.54. The third kappa shape index (κ3) is 2.14. The van der Waals surface area contributed by atoms with E-state index in [1.165, 1.54) is 5.56 Å². The van der Waals surface area contributed by atoms with E-state index in [2.05, 4.69) is 20.8 Å². The van der Waals surface area contributed by atoms with Crippen LogP contribution in [0.3, 0.4) is 0 Å². The van der Waals surface area contributed by atoms with E-state index in [4.69, 9.17) is 10.5 Å². The zero-order valence-electron chi connectivity index (χ0n) is 8.72. The Labute approximate surface area is 79.7 Å². The summed E-state index contributed by atoms with van der Waals surface area (Å²) >= 11 is 0. The predicted molar refractivity (Wildman–Crippen MR) is 56.1 cm³/mol. The van der Waals surface area contributed by atoms with Crippen molar-refractivity contribution in [2.45, 2.75) is 26.2 Å². The molecule has 13 heavy (non-hydrogen) atoms. The second-order valence-corrected chi connectivity index (χ2v) is 4.21. The van der Waals surface area contributed by atoms with Gasteiger partial charge in [-0.25, -0.2) is 0 Å². The minimum atomic E-state index is 0.140. The zero-order chi connectivity index (χ0) is 10.1. The summed E-state index contributed by atoms with van der Waals surface area (Å²) in [6.45, 7) is 6.49. The summed E-state index contributed by atoms with van der Waals surface area (Å²) in [5.74, 6) is 0.757. The van der Waals surface area contributed by atoms with Crippen LogP contribution in [0.25, 0.3) is 0 Å². The number of anilines is 1. The lowest BCUT2D eigenvalue weighted by Gasteiger charge is -2.20. The van der Waals surface area contributed by atoms with E-state index in [9.17, 15) is 0 Å². The Morgan fingerprint density at radius 3 is 2.31 bits per heavy atom. The monoisotopic (exact) mass is 179 g/mol.